The number of hydrogen-bond donors (Lipinski definition) is 1. The zero-order chi connectivity index (χ0) is 14.4. The molecule has 1 aromatic carbocycles. The van der Waals surface area contributed by atoms with Gasteiger partial charge in [-0.3, -0.25) is 9.59 Å². The minimum absolute atomic E-state index is 0.246. The lowest BCUT2D eigenvalue weighted by atomic mass is 10.1. The fourth-order valence-electron chi connectivity index (χ4n) is 2.56. The summed E-state index contributed by atoms with van der Waals surface area (Å²) < 4.78 is 12.8. The Morgan fingerprint density at radius 2 is 1.74 bits per heavy atom. The van der Waals surface area contributed by atoms with Crippen molar-refractivity contribution in [3.05, 3.63) is 30.1 Å². The van der Waals surface area contributed by atoms with Crippen LogP contribution in [-0.2, 0) is 9.59 Å². The highest BCUT2D eigenvalue weighted by Crippen LogP contribution is 2.59. The minimum Gasteiger partial charge on any atom is -0.481 e. The van der Waals surface area contributed by atoms with Crippen LogP contribution in [-0.4, -0.2) is 24.0 Å². The molecule has 1 saturated carbocycles. The number of rotatable bonds is 3. The number of carboxylic acids is 1. The molecule has 0 spiro atoms. The van der Waals surface area contributed by atoms with Crippen LogP contribution in [0.25, 0.3) is 0 Å². The predicted octanol–water partition coefficient (Wildman–Crippen LogP) is 2.15. The third kappa shape index (κ3) is 2.20. The number of carbonyl (C=O) groups excluding carboxylic acids is 1. The SMILES string of the molecule is CN(C(=O)C1C(C(=O)O)C1(C)C)c1ccc(F)cc1. The fraction of sp³-hybridized carbons (Fsp3) is 0.429. The highest BCUT2D eigenvalue weighted by atomic mass is 19.1. The van der Waals surface area contributed by atoms with E-state index < -0.39 is 23.2 Å². The minimum atomic E-state index is -0.948. The normalized spacial score (nSPS) is 23.8. The van der Waals surface area contributed by atoms with Gasteiger partial charge in [-0.25, -0.2) is 4.39 Å². The zero-order valence-electron chi connectivity index (χ0n) is 11.1. The quantitative estimate of drug-likeness (QED) is 0.911. The van der Waals surface area contributed by atoms with Gasteiger partial charge in [-0.2, -0.15) is 0 Å². The molecule has 102 valence electrons. The Morgan fingerprint density at radius 1 is 1.21 bits per heavy atom. The number of nitrogens with zero attached hydrogens (tertiary/aromatic N) is 1. The van der Waals surface area contributed by atoms with Gasteiger partial charge in [-0.05, 0) is 29.7 Å². The van der Waals surface area contributed by atoms with Crippen molar-refractivity contribution in [3.63, 3.8) is 0 Å². The third-order valence-electron chi connectivity index (χ3n) is 3.90. The number of carboxylic acid groups (broad SMARTS) is 1. The van der Waals surface area contributed by atoms with Gasteiger partial charge in [0.2, 0.25) is 5.91 Å². The monoisotopic (exact) mass is 265 g/mol. The molecule has 19 heavy (non-hydrogen) atoms. The van der Waals surface area contributed by atoms with Gasteiger partial charge in [0.1, 0.15) is 5.82 Å². The summed E-state index contributed by atoms with van der Waals surface area (Å²) in [5.41, 5.74) is 0.0234. The van der Waals surface area contributed by atoms with E-state index in [0.29, 0.717) is 5.69 Å². The first kappa shape index (κ1) is 13.5. The molecule has 1 aromatic rings. The lowest BCUT2D eigenvalue weighted by Gasteiger charge is -2.18. The summed E-state index contributed by atoms with van der Waals surface area (Å²) in [7, 11) is 1.57. The number of amides is 1. The maximum atomic E-state index is 12.8. The number of carbonyl (C=O) groups is 2. The van der Waals surface area contributed by atoms with Gasteiger partial charge in [0.05, 0.1) is 11.8 Å². The second-order valence-corrected chi connectivity index (χ2v) is 5.49. The summed E-state index contributed by atoms with van der Waals surface area (Å²) in [5, 5.41) is 9.08. The molecule has 1 fully saturated rings. The van der Waals surface area contributed by atoms with Crippen molar-refractivity contribution in [1.82, 2.24) is 0 Å². The molecule has 1 aliphatic rings. The van der Waals surface area contributed by atoms with E-state index in [-0.39, 0.29) is 11.7 Å². The van der Waals surface area contributed by atoms with E-state index in [4.69, 9.17) is 5.11 Å². The van der Waals surface area contributed by atoms with Gasteiger partial charge >= 0.3 is 5.97 Å². The molecule has 0 saturated heterocycles. The van der Waals surface area contributed by atoms with Gasteiger partial charge in [-0.1, -0.05) is 13.8 Å². The fourth-order valence-corrected chi connectivity index (χ4v) is 2.56. The molecule has 0 heterocycles. The maximum absolute atomic E-state index is 12.8. The number of halogens is 1. The van der Waals surface area contributed by atoms with Crippen LogP contribution in [0.3, 0.4) is 0 Å². The van der Waals surface area contributed by atoms with Crippen molar-refractivity contribution in [2.75, 3.05) is 11.9 Å². The van der Waals surface area contributed by atoms with Crippen LogP contribution in [0.5, 0.6) is 0 Å². The molecule has 5 heteroatoms. The van der Waals surface area contributed by atoms with Crippen LogP contribution in [0, 0.1) is 23.1 Å². The Balaban J connectivity index is 2.17. The molecule has 0 radical (unpaired) electrons. The van der Waals surface area contributed by atoms with E-state index in [1.165, 1.54) is 29.2 Å². The maximum Gasteiger partial charge on any atom is 0.307 e. The first-order valence-electron chi connectivity index (χ1n) is 6.02. The molecule has 0 aliphatic heterocycles. The van der Waals surface area contributed by atoms with E-state index in [1.807, 2.05) is 0 Å². The van der Waals surface area contributed by atoms with E-state index >= 15 is 0 Å². The summed E-state index contributed by atoms with van der Waals surface area (Å²) in [6.07, 6.45) is 0. The molecule has 1 amide bonds. The average Bonchev–Trinajstić information content (AvgIpc) is 2.91. The van der Waals surface area contributed by atoms with E-state index in [1.54, 1.807) is 20.9 Å². The molecule has 2 unspecified atom stereocenters. The topological polar surface area (TPSA) is 57.6 Å². The Labute approximate surface area is 110 Å². The Hall–Kier alpha value is -1.91. The summed E-state index contributed by atoms with van der Waals surface area (Å²) >= 11 is 0. The number of benzene rings is 1. The Bertz CT molecular complexity index is 524. The second-order valence-electron chi connectivity index (χ2n) is 5.49. The molecule has 2 rings (SSSR count). The first-order chi connectivity index (χ1) is 8.76. The van der Waals surface area contributed by atoms with Crippen molar-refractivity contribution < 1.29 is 19.1 Å². The summed E-state index contributed by atoms with van der Waals surface area (Å²) in [5.74, 6) is -2.75. The van der Waals surface area contributed by atoms with Crippen LogP contribution >= 0.6 is 0 Å². The lowest BCUT2D eigenvalue weighted by molar-refractivity contribution is -0.140. The highest BCUT2D eigenvalue weighted by Gasteiger charge is 2.66. The summed E-state index contributed by atoms with van der Waals surface area (Å²) in [6, 6.07) is 5.54. The molecule has 0 aromatic heterocycles. The van der Waals surface area contributed by atoms with Crippen LogP contribution in [0.4, 0.5) is 10.1 Å². The van der Waals surface area contributed by atoms with Gasteiger partial charge < -0.3 is 10.0 Å². The number of hydrogen-bond acceptors (Lipinski definition) is 2. The van der Waals surface area contributed by atoms with Crippen LogP contribution in [0.15, 0.2) is 24.3 Å². The van der Waals surface area contributed by atoms with Crippen molar-refractivity contribution in [3.8, 4) is 0 Å². The van der Waals surface area contributed by atoms with Crippen LogP contribution < -0.4 is 4.90 Å². The lowest BCUT2D eigenvalue weighted by Crippen LogP contribution is -2.29. The van der Waals surface area contributed by atoms with E-state index in [0.717, 1.165) is 0 Å². The Kier molecular flexibility index (Phi) is 3.08. The van der Waals surface area contributed by atoms with Gasteiger partial charge in [0.15, 0.2) is 0 Å². The largest absolute Gasteiger partial charge is 0.481 e. The van der Waals surface area contributed by atoms with Gasteiger partial charge in [-0.15, -0.1) is 0 Å². The Morgan fingerprint density at radius 3 is 2.16 bits per heavy atom. The van der Waals surface area contributed by atoms with Gasteiger partial charge in [0.25, 0.3) is 0 Å². The summed E-state index contributed by atoms with van der Waals surface area (Å²) in [6.45, 7) is 3.54. The average molecular weight is 265 g/mol. The molecular weight excluding hydrogens is 249 g/mol. The number of anilines is 1. The predicted molar refractivity (Wildman–Crippen MR) is 68.2 cm³/mol. The molecule has 2 atom stereocenters. The van der Waals surface area contributed by atoms with E-state index in [2.05, 4.69) is 0 Å². The number of aliphatic carboxylic acids is 1. The van der Waals surface area contributed by atoms with Crippen molar-refractivity contribution in [2.45, 2.75) is 13.8 Å². The standard InChI is InChI=1S/C14H16FNO3/c1-14(2)10(11(14)13(18)19)12(17)16(3)9-6-4-8(15)5-7-9/h4-7,10-11H,1-3H3,(H,18,19). The van der Waals surface area contributed by atoms with Gasteiger partial charge in [0, 0.05) is 12.7 Å². The molecular formula is C14H16FNO3. The molecule has 4 nitrogen and oxygen atoms in total. The smallest absolute Gasteiger partial charge is 0.307 e. The van der Waals surface area contributed by atoms with E-state index in [9.17, 15) is 14.0 Å². The summed E-state index contributed by atoms with van der Waals surface area (Å²) in [4.78, 5) is 24.7. The third-order valence-corrected chi connectivity index (χ3v) is 3.90. The van der Waals surface area contributed by atoms with Crippen molar-refractivity contribution >= 4 is 17.6 Å². The highest BCUT2D eigenvalue weighted by molar-refractivity contribution is 6.01. The van der Waals surface area contributed by atoms with Crippen LogP contribution in [0.1, 0.15) is 13.8 Å². The van der Waals surface area contributed by atoms with Crippen molar-refractivity contribution in [1.29, 1.82) is 0 Å². The molecule has 1 N–H and O–H groups in total. The van der Waals surface area contributed by atoms with Crippen LogP contribution in [0.2, 0.25) is 0 Å². The van der Waals surface area contributed by atoms with Crippen molar-refractivity contribution in [2.24, 2.45) is 17.3 Å². The zero-order valence-corrected chi connectivity index (χ0v) is 11.1. The molecule has 0 bridgehead atoms. The molecule has 1 aliphatic carbocycles. The second kappa shape index (κ2) is 4.33. The first-order valence-corrected chi connectivity index (χ1v) is 6.02.